The van der Waals surface area contributed by atoms with Crippen LogP contribution in [0.25, 0.3) is 0 Å². The standard InChI is InChI=1S/C14H19FN6/c1-3-21(4-2)14-19-12(16)18-13(20-14)17-9-10-6-5-7-11(15)8-10/h5-8H,3-4,9H2,1-2H3,(H3,16,17,18,19,20). The molecule has 1 aromatic heterocycles. The lowest BCUT2D eigenvalue weighted by Gasteiger charge is -2.19. The van der Waals surface area contributed by atoms with E-state index in [1.54, 1.807) is 6.07 Å². The first-order chi connectivity index (χ1) is 10.1. The highest BCUT2D eigenvalue weighted by Crippen LogP contribution is 2.13. The Morgan fingerprint density at radius 1 is 1.19 bits per heavy atom. The van der Waals surface area contributed by atoms with E-state index >= 15 is 0 Å². The number of benzene rings is 1. The number of nitrogens with two attached hydrogens (primary N) is 1. The van der Waals surface area contributed by atoms with Crippen molar-refractivity contribution in [3.63, 3.8) is 0 Å². The third-order valence-corrected chi connectivity index (χ3v) is 3.03. The van der Waals surface area contributed by atoms with Crippen LogP contribution >= 0.6 is 0 Å². The lowest BCUT2D eigenvalue weighted by Crippen LogP contribution is -2.25. The minimum Gasteiger partial charge on any atom is -0.368 e. The third kappa shape index (κ3) is 4.01. The molecule has 0 saturated heterocycles. The molecule has 2 aromatic rings. The number of nitrogen functional groups attached to an aromatic ring is 1. The van der Waals surface area contributed by atoms with Gasteiger partial charge in [-0.1, -0.05) is 12.1 Å². The van der Waals surface area contributed by atoms with E-state index in [1.807, 2.05) is 24.8 Å². The van der Waals surface area contributed by atoms with Crippen LogP contribution in [0, 0.1) is 5.82 Å². The Balaban J connectivity index is 2.13. The average molecular weight is 290 g/mol. The number of hydrogen-bond acceptors (Lipinski definition) is 6. The van der Waals surface area contributed by atoms with Crippen molar-refractivity contribution in [3.05, 3.63) is 35.6 Å². The first-order valence-electron chi connectivity index (χ1n) is 6.87. The second-order valence-electron chi connectivity index (χ2n) is 4.47. The quantitative estimate of drug-likeness (QED) is 0.847. The van der Waals surface area contributed by atoms with Gasteiger partial charge in [-0.05, 0) is 31.5 Å². The maximum Gasteiger partial charge on any atom is 0.231 e. The van der Waals surface area contributed by atoms with E-state index in [9.17, 15) is 4.39 Å². The van der Waals surface area contributed by atoms with Crippen molar-refractivity contribution in [1.29, 1.82) is 0 Å². The zero-order valence-corrected chi connectivity index (χ0v) is 12.2. The fraction of sp³-hybridized carbons (Fsp3) is 0.357. The lowest BCUT2D eigenvalue weighted by molar-refractivity contribution is 0.626. The van der Waals surface area contributed by atoms with Crippen LogP contribution in [0.3, 0.4) is 0 Å². The van der Waals surface area contributed by atoms with Crippen LogP contribution in [0.5, 0.6) is 0 Å². The van der Waals surface area contributed by atoms with Crippen molar-refractivity contribution >= 4 is 17.8 Å². The number of aromatic nitrogens is 3. The van der Waals surface area contributed by atoms with Gasteiger partial charge in [-0.25, -0.2) is 4.39 Å². The fourth-order valence-electron chi connectivity index (χ4n) is 1.94. The van der Waals surface area contributed by atoms with Crippen LogP contribution < -0.4 is 16.0 Å². The first-order valence-corrected chi connectivity index (χ1v) is 6.87. The lowest BCUT2D eigenvalue weighted by atomic mass is 10.2. The van der Waals surface area contributed by atoms with Gasteiger partial charge < -0.3 is 16.0 Å². The summed E-state index contributed by atoms with van der Waals surface area (Å²) in [6.45, 7) is 6.01. The van der Waals surface area contributed by atoms with Gasteiger partial charge in [0.25, 0.3) is 0 Å². The topological polar surface area (TPSA) is 80.0 Å². The molecule has 0 amide bonds. The van der Waals surface area contributed by atoms with Gasteiger partial charge >= 0.3 is 0 Å². The second kappa shape index (κ2) is 6.83. The minimum atomic E-state index is -0.270. The van der Waals surface area contributed by atoms with Crippen molar-refractivity contribution in [1.82, 2.24) is 15.0 Å². The van der Waals surface area contributed by atoms with Crippen molar-refractivity contribution in [2.24, 2.45) is 0 Å². The van der Waals surface area contributed by atoms with Crippen LogP contribution in [0.4, 0.5) is 22.2 Å². The minimum absolute atomic E-state index is 0.161. The summed E-state index contributed by atoms with van der Waals surface area (Å²) in [6.07, 6.45) is 0. The van der Waals surface area contributed by atoms with Crippen LogP contribution in [-0.2, 0) is 6.54 Å². The van der Waals surface area contributed by atoms with E-state index < -0.39 is 0 Å². The van der Waals surface area contributed by atoms with Crippen LogP contribution in [-0.4, -0.2) is 28.0 Å². The molecule has 21 heavy (non-hydrogen) atoms. The molecule has 0 aliphatic heterocycles. The summed E-state index contributed by atoms with van der Waals surface area (Å²) in [5.74, 6) is 0.810. The van der Waals surface area contributed by atoms with Crippen molar-refractivity contribution in [2.75, 3.05) is 29.0 Å². The SMILES string of the molecule is CCN(CC)c1nc(N)nc(NCc2cccc(F)c2)n1. The summed E-state index contributed by atoms with van der Waals surface area (Å²) in [5.41, 5.74) is 6.51. The van der Waals surface area contributed by atoms with Crippen LogP contribution in [0.1, 0.15) is 19.4 Å². The molecule has 0 bridgehead atoms. The predicted octanol–water partition coefficient (Wildman–Crippen LogP) is 2.05. The fourth-order valence-corrected chi connectivity index (χ4v) is 1.94. The zero-order valence-electron chi connectivity index (χ0n) is 12.2. The Morgan fingerprint density at radius 2 is 1.95 bits per heavy atom. The van der Waals surface area contributed by atoms with Gasteiger partial charge in [0.05, 0.1) is 0 Å². The molecule has 0 radical (unpaired) electrons. The van der Waals surface area contributed by atoms with E-state index in [0.717, 1.165) is 18.7 Å². The molecule has 0 saturated carbocycles. The van der Waals surface area contributed by atoms with Gasteiger partial charge in [-0.15, -0.1) is 0 Å². The molecule has 6 nitrogen and oxygen atoms in total. The van der Waals surface area contributed by atoms with Crippen molar-refractivity contribution < 1.29 is 4.39 Å². The molecular weight excluding hydrogens is 271 g/mol. The normalized spacial score (nSPS) is 10.4. The van der Waals surface area contributed by atoms with E-state index in [0.29, 0.717) is 18.4 Å². The molecule has 0 spiro atoms. The molecule has 7 heteroatoms. The van der Waals surface area contributed by atoms with Gasteiger partial charge in [0.15, 0.2) is 0 Å². The predicted molar refractivity (Wildman–Crippen MR) is 81.5 cm³/mol. The molecule has 1 aromatic carbocycles. The maximum absolute atomic E-state index is 13.1. The van der Waals surface area contributed by atoms with Gasteiger partial charge in [0, 0.05) is 19.6 Å². The van der Waals surface area contributed by atoms with E-state index in [2.05, 4.69) is 20.3 Å². The first kappa shape index (κ1) is 15.0. The highest BCUT2D eigenvalue weighted by Gasteiger charge is 2.09. The average Bonchev–Trinajstić information content (AvgIpc) is 2.46. The number of anilines is 3. The molecule has 1 heterocycles. The number of nitrogens with zero attached hydrogens (tertiary/aromatic N) is 4. The highest BCUT2D eigenvalue weighted by molar-refractivity contribution is 5.42. The maximum atomic E-state index is 13.1. The molecule has 0 fully saturated rings. The Kier molecular flexibility index (Phi) is 4.86. The van der Waals surface area contributed by atoms with Gasteiger partial charge in [-0.3, -0.25) is 0 Å². The molecule has 3 N–H and O–H groups in total. The van der Waals surface area contributed by atoms with E-state index in [1.165, 1.54) is 12.1 Å². The second-order valence-corrected chi connectivity index (χ2v) is 4.47. The summed E-state index contributed by atoms with van der Waals surface area (Å²) in [6, 6.07) is 6.35. The van der Waals surface area contributed by atoms with E-state index in [-0.39, 0.29) is 11.8 Å². The number of rotatable bonds is 6. The highest BCUT2D eigenvalue weighted by atomic mass is 19.1. The molecule has 2 rings (SSSR count). The Hall–Kier alpha value is -2.44. The Bertz CT molecular complexity index is 600. The van der Waals surface area contributed by atoms with Gasteiger partial charge in [-0.2, -0.15) is 15.0 Å². The molecular formula is C14H19FN6. The van der Waals surface area contributed by atoms with Crippen molar-refractivity contribution in [2.45, 2.75) is 20.4 Å². The third-order valence-electron chi connectivity index (χ3n) is 3.03. The number of hydrogen-bond donors (Lipinski definition) is 2. The Morgan fingerprint density at radius 3 is 2.62 bits per heavy atom. The molecule has 112 valence electrons. The van der Waals surface area contributed by atoms with Crippen LogP contribution in [0.15, 0.2) is 24.3 Å². The van der Waals surface area contributed by atoms with Crippen LogP contribution in [0.2, 0.25) is 0 Å². The summed E-state index contributed by atoms with van der Waals surface area (Å²) in [7, 11) is 0. The molecule has 0 atom stereocenters. The Labute approximate surface area is 123 Å². The van der Waals surface area contributed by atoms with Gasteiger partial charge in [0.2, 0.25) is 17.8 Å². The summed E-state index contributed by atoms with van der Waals surface area (Å²) in [5, 5.41) is 3.04. The summed E-state index contributed by atoms with van der Waals surface area (Å²) < 4.78 is 13.1. The van der Waals surface area contributed by atoms with Crippen molar-refractivity contribution in [3.8, 4) is 0 Å². The molecule has 0 aliphatic rings. The number of nitrogens with one attached hydrogen (secondary N) is 1. The van der Waals surface area contributed by atoms with Gasteiger partial charge in [0.1, 0.15) is 5.82 Å². The van der Waals surface area contributed by atoms with E-state index in [4.69, 9.17) is 5.73 Å². The molecule has 0 aliphatic carbocycles. The monoisotopic (exact) mass is 290 g/mol. The smallest absolute Gasteiger partial charge is 0.231 e. The largest absolute Gasteiger partial charge is 0.368 e. The zero-order chi connectivity index (χ0) is 15.2. The number of halogens is 1. The molecule has 0 unspecified atom stereocenters. The summed E-state index contributed by atoms with van der Waals surface area (Å²) in [4.78, 5) is 14.5. The summed E-state index contributed by atoms with van der Waals surface area (Å²) >= 11 is 0.